The van der Waals surface area contributed by atoms with E-state index >= 15 is 0 Å². The number of carbonyl (C=O) groups excluding carboxylic acids is 1. The number of halogens is 1. The molecule has 82 valence electrons. The van der Waals surface area contributed by atoms with E-state index in [0.717, 1.165) is 0 Å². The lowest BCUT2D eigenvalue weighted by atomic mass is 10.4. The van der Waals surface area contributed by atoms with Gasteiger partial charge in [-0.3, -0.25) is 4.79 Å². The molecule has 0 aliphatic carbocycles. The second-order valence-electron chi connectivity index (χ2n) is 3.52. The number of hydrogen-bond acceptors (Lipinski definition) is 4. The van der Waals surface area contributed by atoms with Crippen LogP contribution in [0.4, 0.5) is 0 Å². The number of likely N-dealkylation sites (tertiary alicyclic amines) is 1. The molecule has 0 saturated carbocycles. The van der Waals surface area contributed by atoms with Crippen molar-refractivity contribution in [3.05, 3.63) is 0 Å². The summed E-state index contributed by atoms with van der Waals surface area (Å²) in [6, 6.07) is -0.0380. The summed E-state index contributed by atoms with van der Waals surface area (Å²) in [5.41, 5.74) is 0. The van der Waals surface area contributed by atoms with Gasteiger partial charge in [0.25, 0.3) is 0 Å². The maximum Gasteiger partial charge on any atom is 0.492 e. The standard InChI is InChI=1S/C7H14ClNO4Si/c8-6-4-7(10)9(5-6)2-1-3-14(11,12)13/h6,11-13H,1-5H2. The highest BCUT2D eigenvalue weighted by Gasteiger charge is 2.30. The highest BCUT2D eigenvalue weighted by Crippen LogP contribution is 2.17. The SMILES string of the molecule is O=C1CC(Cl)CN1CCC[Si](O)(O)O. The van der Waals surface area contributed by atoms with Crippen LogP contribution in [-0.4, -0.2) is 52.5 Å². The van der Waals surface area contributed by atoms with Gasteiger partial charge in [0.15, 0.2) is 0 Å². The second kappa shape index (κ2) is 4.58. The molecular weight excluding hydrogens is 226 g/mol. The van der Waals surface area contributed by atoms with E-state index in [1.54, 1.807) is 4.90 Å². The normalized spacial score (nSPS) is 23.3. The van der Waals surface area contributed by atoms with Gasteiger partial charge in [-0.25, -0.2) is 0 Å². The molecule has 1 aliphatic rings. The van der Waals surface area contributed by atoms with Gasteiger partial charge in [0.05, 0.1) is 5.38 Å². The summed E-state index contributed by atoms with van der Waals surface area (Å²) in [5.74, 6) is -0.00825. The molecule has 1 atom stereocenters. The topological polar surface area (TPSA) is 81.0 Å². The van der Waals surface area contributed by atoms with Crippen LogP contribution in [0, 0.1) is 0 Å². The molecule has 3 N–H and O–H groups in total. The Morgan fingerprint density at radius 2 is 2.14 bits per heavy atom. The van der Waals surface area contributed by atoms with Gasteiger partial charge in [0.2, 0.25) is 5.91 Å². The summed E-state index contributed by atoms with van der Waals surface area (Å²) in [4.78, 5) is 39.0. The number of alkyl halides is 1. The van der Waals surface area contributed by atoms with Crippen LogP contribution in [0.2, 0.25) is 6.04 Å². The average molecular weight is 240 g/mol. The molecular formula is C7H14ClNO4Si. The Hall–Kier alpha value is -0.143. The Labute approximate surface area is 88.3 Å². The molecule has 1 saturated heterocycles. The van der Waals surface area contributed by atoms with Crippen molar-refractivity contribution >= 4 is 26.3 Å². The first-order chi connectivity index (χ1) is 6.38. The first-order valence-electron chi connectivity index (χ1n) is 4.47. The molecule has 1 fully saturated rings. The van der Waals surface area contributed by atoms with E-state index in [2.05, 4.69) is 0 Å². The summed E-state index contributed by atoms with van der Waals surface area (Å²) in [5, 5.41) is -0.137. The van der Waals surface area contributed by atoms with Gasteiger partial charge in [-0.15, -0.1) is 11.6 Å². The quantitative estimate of drug-likeness (QED) is 0.440. The number of hydrogen-bond donors (Lipinski definition) is 3. The lowest BCUT2D eigenvalue weighted by molar-refractivity contribution is -0.127. The molecule has 1 unspecified atom stereocenters. The van der Waals surface area contributed by atoms with E-state index in [0.29, 0.717) is 25.9 Å². The van der Waals surface area contributed by atoms with Crippen LogP contribution in [0.5, 0.6) is 0 Å². The Morgan fingerprint density at radius 1 is 1.50 bits per heavy atom. The van der Waals surface area contributed by atoms with Crippen LogP contribution < -0.4 is 0 Å². The average Bonchev–Trinajstić information content (AvgIpc) is 2.27. The zero-order chi connectivity index (χ0) is 10.8. The van der Waals surface area contributed by atoms with Crippen LogP contribution in [0.25, 0.3) is 0 Å². The van der Waals surface area contributed by atoms with Gasteiger partial charge >= 0.3 is 8.80 Å². The molecule has 0 radical (unpaired) electrons. The molecule has 1 rings (SSSR count). The zero-order valence-electron chi connectivity index (χ0n) is 7.69. The molecule has 0 spiro atoms. The summed E-state index contributed by atoms with van der Waals surface area (Å²) < 4.78 is 0. The van der Waals surface area contributed by atoms with Gasteiger partial charge in [0, 0.05) is 25.6 Å². The monoisotopic (exact) mass is 239 g/mol. The van der Waals surface area contributed by atoms with E-state index in [1.165, 1.54) is 0 Å². The van der Waals surface area contributed by atoms with E-state index < -0.39 is 8.80 Å². The highest BCUT2D eigenvalue weighted by atomic mass is 35.5. The van der Waals surface area contributed by atoms with Crippen LogP contribution in [0.1, 0.15) is 12.8 Å². The van der Waals surface area contributed by atoms with Crippen molar-refractivity contribution in [3.8, 4) is 0 Å². The van der Waals surface area contributed by atoms with Crippen molar-refractivity contribution in [1.82, 2.24) is 4.90 Å². The van der Waals surface area contributed by atoms with Crippen LogP contribution in [-0.2, 0) is 4.79 Å². The third-order valence-corrected chi connectivity index (χ3v) is 3.42. The fourth-order valence-corrected chi connectivity index (χ4v) is 2.38. The maximum atomic E-state index is 11.2. The van der Waals surface area contributed by atoms with Crippen molar-refractivity contribution < 1.29 is 19.2 Å². The number of rotatable bonds is 4. The molecule has 5 nitrogen and oxygen atoms in total. The van der Waals surface area contributed by atoms with Crippen molar-refractivity contribution in [2.75, 3.05) is 13.1 Å². The minimum atomic E-state index is -3.94. The molecule has 0 aromatic carbocycles. The second-order valence-corrected chi connectivity index (χ2v) is 6.18. The molecule has 0 aromatic heterocycles. The Bertz CT molecular complexity index is 220. The molecule has 1 aliphatic heterocycles. The van der Waals surface area contributed by atoms with Crippen molar-refractivity contribution in [2.24, 2.45) is 0 Å². The van der Waals surface area contributed by atoms with Crippen LogP contribution in [0.15, 0.2) is 0 Å². The maximum absolute atomic E-state index is 11.2. The third kappa shape index (κ3) is 3.93. The highest BCUT2D eigenvalue weighted by molar-refractivity contribution is 6.56. The van der Waals surface area contributed by atoms with E-state index in [-0.39, 0.29) is 17.3 Å². The summed E-state index contributed by atoms with van der Waals surface area (Å²) in [6.45, 7) is 0.940. The summed E-state index contributed by atoms with van der Waals surface area (Å²) >= 11 is 5.77. The Kier molecular flexibility index (Phi) is 3.91. The van der Waals surface area contributed by atoms with Gasteiger partial charge in [-0.05, 0) is 6.42 Å². The molecule has 1 heterocycles. The molecule has 7 heteroatoms. The van der Waals surface area contributed by atoms with E-state index in [9.17, 15) is 4.79 Å². The lowest BCUT2D eigenvalue weighted by Gasteiger charge is -2.16. The molecule has 1 amide bonds. The fraction of sp³-hybridized carbons (Fsp3) is 0.857. The predicted octanol–water partition coefficient (Wildman–Crippen LogP) is -0.868. The van der Waals surface area contributed by atoms with Crippen LogP contribution in [0.3, 0.4) is 0 Å². The van der Waals surface area contributed by atoms with Gasteiger partial charge in [-0.2, -0.15) is 0 Å². The molecule has 0 bridgehead atoms. The first-order valence-corrected chi connectivity index (χ1v) is 6.96. The number of nitrogens with zero attached hydrogens (tertiary/aromatic N) is 1. The number of carbonyl (C=O) groups is 1. The Morgan fingerprint density at radius 3 is 2.57 bits per heavy atom. The largest absolute Gasteiger partial charge is 0.492 e. The third-order valence-electron chi connectivity index (χ3n) is 2.11. The van der Waals surface area contributed by atoms with Crippen molar-refractivity contribution in [2.45, 2.75) is 24.3 Å². The lowest BCUT2D eigenvalue weighted by Crippen LogP contribution is -2.36. The molecule has 14 heavy (non-hydrogen) atoms. The first kappa shape index (κ1) is 11.9. The zero-order valence-corrected chi connectivity index (χ0v) is 9.44. The minimum Gasteiger partial charge on any atom is -0.390 e. The number of amides is 1. The van der Waals surface area contributed by atoms with Gasteiger partial charge in [-0.1, -0.05) is 0 Å². The summed E-state index contributed by atoms with van der Waals surface area (Å²) in [6.07, 6.45) is 0.743. The smallest absolute Gasteiger partial charge is 0.390 e. The predicted molar refractivity (Wildman–Crippen MR) is 52.7 cm³/mol. The molecule has 0 aromatic rings. The van der Waals surface area contributed by atoms with Crippen LogP contribution >= 0.6 is 11.6 Å². The fourth-order valence-electron chi connectivity index (χ4n) is 1.45. The summed E-state index contributed by atoms with van der Waals surface area (Å²) in [7, 11) is -3.94. The Balaban J connectivity index is 2.22. The minimum absolute atomic E-state index is 0.00825. The van der Waals surface area contributed by atoms with Gasteiger partial charge < -0.3 is 19.3 Å². The van der Waals surface area contributed by atoms with Crippen molar-refractivity contribution in [1.29, 1.82) is 0 Å². The van der Waals surface area contributed by atoms with E-state index in [1.807, 2.05) is 0 Å². The van der Waals surface area contributed by atoms with E-state index in [4.69, 9.17) is 26.0 Å². The van der Waals surface area contributed by atoms with Crippen molar-refractivity contribution in [3.63, 3.8) is 0 Å². The van der Waals surface area contributed by atoms with Gasteiger partial charge in [0.1, 0.15) is 0 Å².